The highest BCUT2D eigenvalue weighted by Gasteiger charge is 2.81. The van der Waals surface area contributed by atoms with E-state index in [2.05, 4.69) is 0 Å². The van der Waals surface area contributed by atoms with Gasteiger partial charge < -0.3 is 5.11 Å². The summed E-state index contributed by atoms with van der Waals surface area (Å²) < 4.78 is 109. The first-order valence-corrected chi connectivity index (χ1v) is 3.87. The Hall–Kier alpha value is -0.710. The molecule has 0 amide bonds. The SMILES string of the molecule is OCCNC(F)(F)C(F)(F)C(F)(F)C(F)(F)F. The Morgan fingerprint density at radius 2 is 1.18 bits per heavy atom. The molecule has 2 nitrogen and oxygen atoms in total. The summed E-state index contributed by atoms with van der Waals surface area (Å²) in [5.74, 6) is -13.6. The summed E-state index contributed by atoms with van der Waals surface area (Å²) in [4.78, 5) is 0. The lowest BCUT2D eigenvalue weighted by atomic mass is 10.1. The van der Waals surface area contributed by atoms with Gasteiger partial charge in [-0.3, -0.25) is 5.32 Å². The van der Waals surface area contributed by atoms with Gasteiger partial charge in [0.2, 0.25) is 0 Å². The Labute approximate surface area is 88.4 Å². The lowest BCUT2D eigenvalue weighted by molar-refractivity contribution is -0.400. The fourth-order valence-electron chi connectivity index (χ4n) is 0.699. The van der Waals surface area contributed by atoms with Crippen LogP contribution in [0.25, 0.3) is 0 Å². The smallest absolute Gasteiger partial charge is 0.395 e. The van der Waals surface area contributed by atoms with Crippen LogP contribution in [-0.2, 0) is 0 Å². The Bertz CT molecular complexity index is 261. The molecule has 0 heterocycles. The maximum Gasteiger partial charge on any atom is 0.460 e. The number of hydrogen-bond donors (Lipinski definition) is 2. The minimum absolute atomic E-state index is 0.414. The molecule has 104 valence electrons. The Balaban J connectivity index is 5.24. The first-order chi connectivity index (χ1) is 7.31. The van der Waals surface area contributed by atoms with Crippen LogP contribution in [0.2, 0.25) is 0 Å². The number of aliphatic hydroxyl groups is 1. The van der Waals surface area contributed by atoms with Crippen LogP contribution in [0.1, 0.15) is 0 Å². The number of rotatable bonds is 5. The van der Waals surface area contributed by atoms with Gasteiger partial charge in [-0.2, -0.15) is 39.5 Å². The maximum absolute atomic E-state index is 12.5. The molecule has 2 N–H and O–H groups in total. The van der Waals surface area contributed by atoms with Gasteiger partial charge in [0.1, 0.15) is 0 Å². The molecule has 0 aliphatic rings. The second-order valence-corrected chi connectivity index (χ2v) is 2.87. The number of alkyl halides is 9. The molecule has 0 fully saturated rings. The molecule has 17 heavy (non-hydrogen) atoms. The van der Waals surface area contributed by atoms with Crippen molar-refractivity contribution in [2.24, 2.45) is 0 Å². The third-order valence-electron chi connectivity index (χ3n) is 1.60. The van der Waals surface area contributed by atoms with Crippen LogP contribution in [0.3, 0.4) is 0 Å². The molecular weight excluding hydrogens is 273 g/mol. The molecule has 0 spiro atoms. The Morgan fingerprint density at radius 3 is 1.47 bits per heavy atom. The van der Waals surface area contributed by atoms with Gasteiger partial charge in [-0.25, -0.2) is 0 Å². The maximum atomic E-state index is 12.5. The predicted octanol–water partition coefficient (Wildman–Crippen LogP) is 1.99. The van der Waals surface area contributed by atoms with Crippen LogP contribution < -0.4 is 5.32 Å². The number of nitrogens with one attached hydrogen (secondary N) is 1. The molecule has 0 bridgehead atoms. The second kappa shape index (κ2) is 4.52. The van der Waals surface area contributed by atoms with Crippen molar-refractivity contribution < 1.29 is 44.6 Å². The van der Waals surface area contributed by atoms with Crippen molar-refractivity contribution in [1.29, 1.82) is 0 Å². The quantitative estimate of drug-likeness (QED) is 0.596. The standard InChI is InChI=1S/C6H6F9NO/c7-3(8,5(11,12)13)4(9,10)6(14,15)16-1-2-17/h16-17H,1-2H2. The molecule has 0 aliphatic heterocycles. The lowest BCUT2D eigenvalue weighted by Crippen LogP contribution is -2.65. The van der Waals surface area contributed by atoms with Crippen LogP contribution in [0.15, 0.2) is 0 Å². The zero-order valence-corrected chi connectivity index (χ0v) is 7.76. The van der Waals surface area contributed by atoms with E-state index in [0.717, 1.165) is 0 Å². The molecule has 0 saturated carbocycles. The van der Waals surface area contributed by atoms with Crippen LogP contribution in [0.5, 0.6) is 0 Å². The van der Waals surface area contributed by atoms with Crippen LogP contribution in [0, 0.1) is 0 Å². The topological polar surface area (TPSA) is 32.3 Å². The van der Waals surface area contributed by atoms with Gasteiger partial charge in [-0.05, 0) is 0 Å². The highest BCUT2D eigenvalue weighted by molar-refractivity contribution is 4.99. The summed E-state index contributed by atoms with van der Waals surface area (Å²) in [7, 11) is 0. The van der Waals surface area contributed by atoms with E-state index in [1.165, 1.54) is 0 Å². The average molecular weight is 279 g/mol. The van der Waals surface area contributed by atoms with E-state index in [1.807, 2.05) is 0 Å². The molecule has 0 aromatic carbocycles. The van der Waals surface area contributed by atoms with Crippen molar-refractivity contribution >= 4 is 0 Å². The second-order valence-electron chi connectivity index (χ2n) is 2.87. The Kier molecular flexibility index (Phi) is 4.33. The monoisotopic (exact) mass is 279 g/mol. The summed E-state index contributed by atoms with van der Waals surface area (Å²) in [6.07, 6.45) is -6.83. The van der Waals surface area contributed by atoms with Crippen molar-refractivity contribution in [3.63, 3.8) is 0 Å². The zero-order chi connectivity index (χ0) is 14.1. The summed E-state index contributed by atoms with van der Waals surface area (Å²) >= 11 is 0. The van der Waals surface area contributed by atoms with Gasteiger partial charge in [0, 0.05) is 6.54 Å². The molecule has 0 aromatic heterocycles. The molecule has 0 saturated heterocycles. The van der Waals surface area contributed by atoms with Crippen molar-refractivity contribution in [3.05, 3.63) is 0 Å². The minimum atomic E-state index is -6.91. The summed E-state index contributed by atoms with van der Waals surface area (Å²) in [5.41, 5.74) is 0. The molecule has 0 rings (SSSR count). The first kappa shape index (κ1) is 16.3. The summed E-state index contributed by atoms with van der Waals surface area (Å²) in [6, 6.07) is -5.82. The third-order valence-corrected chi connectivity index (χ3v) is 1.60. The molecule has 0 aromatic rings. The minimum Gasteiger partial charge on any atom is -0.395 e. The van der Waals surface area contributed by atoms with Crippen LogP contribution >= 0.6 is 0 Å². The normalized spacial score (nSPS) is 15.2. The zero-order valence-electron chi connectivity index (χ0n) is 7.76. The molecule has 0 aliphatic carbocycles. The van der Waals surface area contributed by atoms with Crippen LogP contribution in [-0.4, -0.2) is 42.3 Å². The number of halogens is 9. The van der Waals surface area contributed by atoms with E-state index < -0.39 is 37.2 Å². The average Bonchev–Trinajstić information content (AvgIpc) is 2.12. The summed E-state index contributed by atoms with van der Waals surface area (Å²) in [5, 5.41) is 8.42. The molecule has 0 radical (unpaired) electrons. The molecular formula is C6H6F9NO. The van der Waals surface area contributed by atoms with Gasteiger partial charge in [0.05, 0.1) is 6.61 Å². The largest absolute Gasteiger partial charge is 0.460 e. The van der Waals surface area contributed by atoms with E-state index in [-0.39, 0.29) is 0 Å². The van der Waals surface area contributed by atoms with E-state index >= 15 is 0 Å². The fraction of sp³-hybridized carbons (Fsp3) is 1.00. The van der Waals surface area contributed by atoms with Crippen molar-refractivity contribution in [2.45, 2.75) is 24.1 Å². The lowest BCUT2D eigenvalue weighted by Gasteiger charge is -2.33. The van der Waals surface area contributed by atoms with Crippen molar-refractivity contribution in [2.75, 3.05) is 13.2 Å². The van der Waals surface area contributed by atoms with Gasteiger partial charge in [-0.15, -0.1) is 0 Å². The van der Waals surface area contributed by atoms with Crippen molar-refractivity contribution in [3.8, 4) is 0 Å². The van der Waals surface area contributed by atoms with E-state index in [4.69, 9.17) is 5.11 Å². The van der Waals surface area contributed by atoms with E-state index in [1.54, 1.807) is 0 Å². The molecule has 0 unspecified atom stereocenters. The number of hydrogen-bond acceptors (Lipinski definition) is 2. The number of aliphatic hydroxyl groups excluding tert-OH is 1. The first-order valence-electron chi connectivity index (χ1n) is 3.87. The highest BCUT2D eigenvalue weighted by atomic mass is 19.4. The van der Waals surface area contributed by atoms with E-state index in [0.29, 0.717) is 5.32 Å². The van der Waals surface area contributed by atoms with Gasteiger partial charge in [0.15, 0.2) is 0 Å². The van der Waals surface area contributed by atoms with Crippen molar-refractivity contribution in [1.82, 2.24) is 5.32 Å². The highest BCUT2D eigenvalue weighted by Crippen LogP contribution is 2.51. The van der Waals surface area contributed by atoms with Gasteiger partial charge in [0.25, 0.3) is 0 Å². The van der Waals surface area contributed by atoms with Gasteiger partial charge in [-0.1, -0.05) is 0 Å². The van der Waals surface area contributed by atoms with Gasteiger partial charge >= 0.3 is 24.1 Å². The molecule has 0 atom stereocenters. The Morgan fingerprint density at radius 1 is 0.765 bits per heavy atom. The third kappa shape index (κ3) is 2.76. The predicted molar refractivity (Wildman–Crippen MR) is 36.0 cm³/mol. The summed E-state index contributed by atoms with van der Waals surface area (Å²) in [6.45, 7) is -2.43. The fourth-order valence-corrected chi connectivity index (χ4v) is 0.699. The molecule has 11 heteroatoms. The van der Waals surface area contributed by atoms with Crippen LogP contribution in [0.4, 0.5) is 39.5 Å². The van der Waals surface area contributed by atoms with E-state index in [9.17, 15) is 39.5 Å².